The fourth-order valence-corrected chi connectivity index (χ4v) is 6.53. The van der Waals surface area contributed by atoms with Crippen molar-refractivity contribution < 1.29 is 13.9 Å². The highest BCUT2D eigenvalue weighted by Crippen LogP contribution is 2.45. The van der Waals surface area contributed by atoms with Gasteiger partial charge in [-0.2, -0.15) is 0 Å². The number of fused-ring (bicyclic) bond motifs is 1. The molecule has 0 saturated carbocycles. The predicted octanol–water partition coefficient (Wildman–Crippen LogP) is 9.06. The summed E-state index contributed by atoms with van der Waals surface area (Å²) >= 11 is 13.8. The zero-order valence-corrected chi connectivity index (χ0v) is 25.1. The molecule has 0 unspecified atom stereocenters. The van der Waals surface area contributed by atoms with Crippen LogP contribution >= 0.6 is 34.5 Å². The monoisotopic (exact) mass is 594 g/mol. The molecule has 1 aliphatic carbocycles. The van der Waals surface area contributed by atoms with Gasteiger partial charge >= 0.3 is 0 Å². The molecule has 2 heterocycles. The molecule has 1 atom stereocenters. The molecule has 8 heteroatoms. The highest BCUT2D eigenvalue weighted by atomic mass is 35.5. The van der Waals surface area contributed by atoms with Crippen LogP contribution in [0.4, 0.5) is 5.00 Å². The van der Waals surface area contributed by atoms with E-state index in [0.29, 0.717) is 46.2 Å². The summed E-state index contributed by atoms with van der Waals surface area (Å²) in [5, 5.41) is 4.75. The van der Waals surface area contributed by atoms with Crippen molar-refractivity contribution in [2.75, 3.05) is 0 Å². The van der Waals surface area contributed by atoms with Crippen LogP contribution < -0.4 is 10.1 Å². The van der Waals surface area contributed by atoms with Gasteiger partial charge in [0, 0.05) is 16.7 Å². The molecule has 2 aromatic carbocycles. The van der Waals surface area contributed by atoms with Gasteiger partial charge in [0.1, 0.15) is 23.1 Å². The van der Waals surface area contributed by atoms with E-state index >= 15 is 0 Å². The van der Waals surface area contributed by atoms with Gasteiger partial charge in [0.05, 0.1) is 28.4 Å². The highest BCUT2D eigenvalue weighted by Gasteiger charge is 2.33. The molecule has 1 N–H and O–H groups in total. The minimum atomic E-state index is -0.126. The molecule has 1 amide bonds. The Hall–Kier alpha value is -3.06. The average molecular weight is 596 g/mol. The average Bonchev–Trinajstić information content (AvgIpc) is 3.58. The van der Waals surface area contributed by atoms with Gasteiger partial charge in [-0.3, -0.25) is 4.79 Å². The van der Waals surface area contributed by atoms with Gasteiger partial charge in [0.25, 0.3) is 5.91 Å². The summed E-state index contributed by atoms with van der Waals surface area (Å²) in [4.78, 5) is 19.6. The molecular weight excluding hydrogens is 563 g/mol. The predicted molar refractivity (Wildman–Crippen MR) is 164 cm³/mol. The molecule has 0 bridgehead atoms. The molecule has 5 rings (SSSR count). The lowest BCUT2D eigenvalue weighted by Gasteiger charge is -2.33. The first-order chi connectivity index (χ1) is 19.2. The Morgan fingerprint density at radius 3 is 2.73 bits per heavy atom. The number of nitrogens with one attached hydrogen (secondary N) is 1. The standard InChI is InChI=1S/C32H32Cl2N2O3S/c1-32(2,3)22-11-12-24-28(16-22)40-31(29(24)30(37)35-18-23-8-6-14-38-23)36-17-21-7-4-5-9-27(21)39-19-20-10-13-25(33)26(34)15-20/h4-10,13-15,17,22H,11-12,16,18-19H2,1-3H3,(H,35,37)/t22-/m1/s1. The van der Waals surface area contributed by atoms with E-state index in [1.807, 2.05) is 42.5 Å². The molecule has 208 valence electrons. The molecule has 1 aliphatic rings. The summed E-state index contributed by atoms with van der Waals surface area (Å²) in [7, 11) is 0. The first kappa shape index (κ1) is 28.5. The van der Waals surface area contributed by atoms with Crippen molar-refractivity contribution in [2.45, 2.75) is 53.2 Å². The third-order valence-corrected chi connectivity index (χ3v) is 9.22. The van der Waals surface area contributed by atoms with Crippen molar-refractivity contribution in [3.8, 4) is 5.75 Å². The summed E-state index contributed by atoms with van der Waals surface area (Å²) in [5.74, 6) is 1.84. The van der Waals surface area contributed by atoms with Gasteiger partial charge < -0.3 is 14.5 Å². The van der Waals surface area contributed by atoms with Gasteiger partial charge in [0.2, 0.25) is 0 Å². The number of amides is 1. The minimum Gasteiger partial charge on any atom is -0.488 e. The van der Waals surface area contributed by atoms with Crippen molar-refractivity contribution >= 4 is 51.7 Å². The molecule has 0 spiro atoms. The maximum atomic E-state index is 13.5. The van der Waals surface area contributed by atoms with E-state index in [9.17, 15) is 4.79 Å². The van der Waals surface area contributed by atoms with Crippen molar-refractivity contribution in [3.05, 3.63) is 104 Å². The fourth-order valence-electron chi connectivity index (χ4n) is 4.94. The van der Waals surface area contributed by atoms with Crippen LogP contribution in [0, 0.1) is 11.3 Å². The Balaban J connectivity index is 1.41. The Bertz CT molecular complexity index is 1520. The van der Waals surface area contributed by atoms with Crippen molar-refractivity contribution in [1.29, 1.82) is 0 Å². The third kappa shape index (κ3) is 6.63. The fraction of sp³-hybridized carbons (Fsp3) is 0.312. The summed E-state index contributed by atoms with van der Waals surface area (Å²) in [6.07, 6.45) is 6.28. The second kappa shape index (κ2) is 12.2. The van der Waals surface area contributed by atoms with Gasteiger partial charge in [-0.15, -0.1) is 11.3 Å². The third-order valence-electron chi connectivity index (χ3n) is 7.32. The summed E-state index contributed by atoms with van der Waals surface area (Å²) in [6, 6.07) is 16.8. The van der Waals surface area contributed by atoms with E-state index in [-0.39, 0.29) is 11.3 Å². The van der Waals surface area contributed by atoms with Crippen LogP contribution in [0.1, 0.15) is 64.9 Å². The first-order valence-corrected chi connectivity index (χ1v) is 14.9. The maximum absolute atomic E-state index is 13.5. The van der Waals surface area contributed by atoms with Crippen LogP contribution in [-0.4, -0.2) is 12.1 Å². The molecule has 0 aliphatic heterocycles. The Morgan fingerprint density at radius 2 is 1.98 bits per heavy atom. The second-order valence-electron chi connectivity index (χ2n) is 11.1. The quantitative estimate of drug-likeness (QED) is 0.207. The van der Waals surface area contributed by atoms with Crippen molar-refractivity contribution in [3.63, 3.8) is 0 Å². The van der Waals surface area contributed by atoms with E-state index in [1.165, 1.54) is 4.88 Å². The normalized spacial score (nSPS) is 15.3. The first-order valence-electron chi connectivity index (χ1n) is 13.3. The molecule has 0 radical (unpaired) electrons. The topological polar surface area (TPSA) is 63.8 Å². The molecule has 0 fully saturated rings. The Morgan fingerprint density at radius 1 is 1.15 bits per heavy atom. The van der Waals surface area contributed by atoms with E-state index in [0.717, 1.165) is 41.0 Å². The van der Waals surface area contributed by atoms with Crippen molar-refractivity contribution in [1.82, 2.24) is 5.32 Å². The van der Waals surface area contributed by atoms with E-state index in [4.69, 9.17) is 37.3 Å². The number of thiophene rings is 1. The molecule has 2 aromatic heterocycles. The Labute approximate surface area is 249 Å². The summed E-state index contributed by atoms with van der Waals surface area (Å²) < 4.78 is 11.5. The largest absolute Gasteiger partial charge is 0.488 e. The maximum Gasteiger partial charge on any atom is 0.255 e. The van der Waals surface area contributed by atoms with Crippen LogP contribution in [0.2, 0.25) is 10.0 Å². The van der Waals surface area contributed by atoms with Gasteiger partial charge in [-0.25, -0.2) is 4.99 Å². The SMILES string of the molecule is CC(C)(C)[C@@H]1CCc2c(sc(N=Cc3ccccc3OCc3ccc(Cl)c(Cl)c3)c2C(=O)NCc2ccco2)C1. The summed E-state index contributed by atoms with van der Waals surface area (Å²) in [6.45, 7) is 7.54. The van der Waals surface area contributed by atoms with E-state index in [1.54, 1.807) is 35.9 Å². The number of halogens is 2. The van der Waals surface area contributed by atoms with Crippen LogP contribution in [0.25, 0.3) is 0 Å². The van der Waals surface area contributed by atoms with Crippen LogP contribution in [0.3, 0.4) is 0 Å². The van der Waals surface area contributed by atoms with Crippen LogP contribution in [-0.2, 0) is 26.0 Å². The van der Waals surface area contributed by atoms with Gasteiger partial charge in [-0.1, -0.05) is 62.2 Å². The van der Waals surface area contributed by atoms with E-state index in [2.05, 4.69) is 26.1 Å². The number of aliphatic imine (C=N–C) groups is 1. The number of benzene rings is 2. The lowest BCUT2D eigenvalue weighted by atomic mass is 9.72. The van der Waals surface area contributed by atoms with E-state index < -0.39 is 0 Å². The van der Waals surface area contributed by atoms with Crippen LogP contribution in [0.15, 0.2) is 70.3 Å². The zero-order chi connectivity index (χ0) is 28.3. The molecule has 4 aromatic rings. The minimum absolute atomic E-state index is 0.126. The number of hydrogen-bond acceptors (Lipinski definition) is 5. The number of rotatable bonds is 8. The Kier molecular flexibility index (Phi) is 8.69. The molecular formula is C32H32Cl2N2O3S. The van der Waals surface area contributed by atoms with Gasteiger partial charge in [0.15, 0.2) is 0 Å². The summed E-state index contributed by atoms with van der Waals surface area (Å²) in [5.41, 5.74) is 3.74. The lowest BCUT2D eigenvalue weighted by Crippen LogP contribution is -2.28. The highest BCUT2D eigenvalue weighted by molar-refractivity contribution is 7.16. The molecule has 40 heavy (non-hydrogen) atoms. The number of hydrogen-bond donors (Lipinski definition) is 1. The van der Waals surface area contributed by atoms with Gasteiger partial charge in [-0.05, 0) is 78.1 Å². The number of carbonyl (C=O) groups excluding carboxylic acids is 1. The number of ether oxygens (including phenoxy) is 1. The number of para-hydroxylation sites is 1. The molecule has 0 saturated heterocycles. The smallest absolute Gasteiger partial charge is 0.255 e. The zero-order valence-electron chi connectivity index (χ0n) is 22.8. The molecule has 5 nitrogen and oxygen atoms in total. The van der Waals surface area contributed by atoms with Crippen molar-refractivity contribution in [2.24, 2.45) is 16.3 Å². The van der Waals surface area contributed by atoms with Crippen LogP contribution in [0.5, 0.6) is 5.75 Å². The number of furan rings is 1. The number of carbonyl (C=O) groups is 1. The lowest BCUT2D eigenvalue weighted by molar-refractivity contribution is 0.0947. The second-order valence-corrected chi connectivity index (χ2v) is 13.0. The number of nitrogens with zero attached hydrogens (tertiary/aromatic N) is 1.